The van der Waals surface area contributed by atoms with Crippen molar-refractivity contribution in [1.29, 1.82) is 0 Å². The summed E-state index contributed by atoms with van der Waals surface area (Å²) in [6, 6.07) is 19.8. The Morgan fingerprint density at radius 2 is 1.79 bits per heavy atom. The zero-order chi connectivity index (χ0) is 20.6. The van der Waals surface area contributed by atoms with Crippen LogP contribution in [0.2, 0.25) is 5.02 Å². The SMILES string of the molecule is CN(CCCOc1ccc(Cl)cc1)C(=O)Cn1nc(-c2ccccc2)ccc1=O. The standard InChI is InChI=1S/C22H22ClN3O3/c1-25(14-5-15-29-19-10-8-18(23)9-11-19)22(28)16-26-21(27)13-12-20(24-26)17-6-3-2-4-7-17/h2-4,6-13H,5,14-16H2,1H3. The highest BCUT2D eigenvalue weighted by molar-refractivity contribution is 6.30. The maximum atomic E-state index is 12.5. The van der Waals surface area contributed by atoms with Gasteiger partial charge in [-0.1, -0.05) is 41.9 Å². The molecule has 150 valence electrons. The molecule has 0 N–H and O–H groups in total. The molecule has 3 aromatic rings. The predicted octanol–water partition coefficient (Wildman–Crippen LogP) is 3.49. The van der Waals surface area contributed by atoms with Gasteiger partial charge in [0.1, 0.15) is 12.3 Å². The molecule has 3 rings (SSSR count). The maximum Gasteiger partial charge on any atom is 0.267 e. The summed E-state index contributed by atoms with van der Waals surface area (Å²) in [7, 11) is 1.71. The van der Waals surface area contributed by atoms with Gasteiger partial charge in [0.15, 0.2) is 0 Å². The second-order valence-electron chi connectivity index (χ2n) is 6.55. The van der Waals surface area contributed by atoms with E-state index in [2.05, 4.69) is 5.10 Å². The Balaban J connectivity index is 1.52. The van der Waals surface area contributed by atoms with Crippen LogP contribution >= 0.6 is 11.6 Å². The smallest absolute Gasteiger partial charge is 0.267 e. The topological polar surface area (TPSA) is 64.4 Å². The zero-order valence-electron chi connectivity index (χ0n) is 16.1. The fourth-order valence-electron chi connectivity index (χ4n) is 2.72. The van der Waals surface area contributed by atoms with Crippen molar-refractivity contribution >= 4 is 17.5 Å². The Morgan fingerprint density at radius 1 is 1.07 bits per heavy atom. The first-order valence-corrected chi connectivity index (χ1v) is 9.66. The molecule has 6 nitrogen and oxygen atoms in total. The number of aromatic nitrogens is 2. The summed E-state index contributed by atoms with van der Waals surface area (Å²) in [5.74, 6) is 0.549. The predicted molar refractivity (Wildman–Crippen MR) is 113 cm³/mol. The average molecular weight is 412 g/mol. The van der Waals surface area contributed by atoms with Crippen LogP contribution in [0.15, 0.2) is 71.5 Å². The third-order valence-electron chi connectivity index (χ3n) is 4.37. The molecular formula is C22H22ClN3O3. The molecule has 0 unspecified atom stereocenters. The third-order valence-corrected chi connectivity index (χ3v) is 4.62. The molecule has 2 aromatic carbocycles. The van der Waals surface area contributed by atoms with E-state index in [0.717, 1.165) is 11.3 Å². The van der Waals surface area contributed by atoms with Crippen LogP contribution in [0.3, 0.4) is 0 Å². The molecule has 1 aromatic heterocycles. The first-order valence-electron chi connectivity index (χ1n) is 9.29. The minimum atomic E-state index is -0.308. The van der Waals surface area contributed by atoms with Crippen LogP contribution in [0.25, 0.3) is 11.3 Å². The quantitative estimate of drug-likeness (QED) is 0.532. The Morgan fingerprint density at radius 3 is 2.52 bits per heavy atom. The van der Waals surface area contributed by atoms with Gasteiger partial charge in [-0.15, -0.1) is 0 Å². The lowest BCUT2D eigenvalue weighted by Crippen LogP contribution is -2.35. The Bertz CT molecular complexity index is 1000. The number of amides is 1. The van der Waals surface area contributed by atoms with Crippen molar-refractivity contribution in [1.82, 2.24) is 14.7 Å². The summed E-state index contributed by atoms with van der Waals surface area (Å²) in [6.07, 6.45) is 0.664. The van der Waals surface area contributed by atoms with Gasteiger partial charge < -0.3 is 9.64 Å². The van der Waals surface area contributed by atoms with E-state index < -0.39 is 0 Å². The molecule has 7 heteroatoms. The number of halogens is 1. The summed E-state index contributed by atoms with van der Waals surface area (Å²) in [5, 5.41) is 4.98. The van der Waals surface area contributed by atoms with Crippen LogP contribution in [0, 0.1) is 0 Å². The van der Waals surface area contributed by atoms with E-state index in [4.69, 9.17) is 16.3 Å². The molecule has 0 aliphatic rings. The van der Waals surface area contributed by atoms with Gasteiger partial charge in [0.2, 0.25) is 5.91 Å². The maximum absolute atomic E-state index is 12.5. The minimum Gasteiger partial charge on any atom is -0.494 e. The lowest BCUT2D eigenvalue weighted by atomic mass is 10.1. The average Bonchev–Trinajstić information content (AvgIpc) is 2.74. The van der Waals surface area contributed by atoms with Crippen LogP contribution in [-0.2, 0) is 11.3 Å². The van der Waals surface area contributed by atoms with E-state index in [1.807, 2.05) is 30.3 Å². The van der Waals surface area contributed by atoms with Crippen molar-refractivity contribution in [3.8, 4) is 17.0 Å². The second kappa shape index (κ2) is 9.89. The number of hydrogen-bond donors (Lipinski definition) is 0. The molecule has 0 saturated heterocycles. The normalized spacial score (nSPS) is 10.6. The molecule has 0 aliphatic heterocycles. The molecule has 0 fully saturated rings. The van der Waals surface area contributed by atoms with Crippen LogP contribution in [-0.4, -0.2) is 40.8 Å². The highest BCUT2D eigenvalue weighted by atomic mass is 35.5. The van der Waals surface area contributed by atoms with E-state index >= 15 is 0 Å². The van der Waals surface area contributed by atoms with Gasteiger partial charge in [-0.3, -0.25) is 9.59 Å². The van der Waals surface area contributed by atoms with Crippen molar-refractivity contribution in [2.75, 3.05) is 20.2 Å². The first kappa shape index (κ1) is 20.6. The van der Waals surface area contributed by atoms with Crippen LogP contribution in [0.4, 0.5) is 0 Å². The third kappa shape index (κ3) is 5.93. The van der Waals surface area contributed by atoms with E-state index in [1.54, 1.807) is 42.3 Å². The lowest BCUT2D eigenvalue weighted by molar-refractivity contribution is -0.130. The van der Waals surface area contributed by atoms with E-state index in [-0.39, 0.29) is 18.0 Å². The largest absolute Gasteiger partial charge is 0.494 e. The van der Waals surface area contributed by atoms with Crippen molar-refractivity contribution in [3.63, 3.8) is 0 Å². The number of likely N-dealkylation sites (N-methyl/N-ethyl adjacent to an activating group) is 1. The van der Waals surface area contributed by atoms with E-state index in [0.29, 0.717) is 30.3 Å². The first-order chi connectivity index (χ1) is 14.0. The lowest BCUT2D eigenvalue weighted by Gasteiger charge is -2.18. The van der Waals surface area contributed by atoms with Gasteiger partial charge in [-0.2, -0.15) is 5.10 Å². The number of nitrogens with zero attached hydrogens (tertiary/aromatic N) is 3. The summed E-state index contributed by atoms with van der Waals surface area (Å²) in [6.45, 7) is 0.883. The fourth-order valence-corrected chi connectivity index (χ4v) is 2.85. The number of benzene rings is 2. The van der Waals surface area contributed by atoms with Gasteiger partial charge in [0, 0.05) is 30.2 Å². The molecule has 0 aliphatic carbocycles. The zero-order valence-corrected chi connectivity index (χ0v) is 16.9. The summed E-state index contributed by atoms with van der Waals surface area (Å²) in [4.78, 5) is 26.2. The molecule has 1 amide bonds. The molecule has 0 bridgehead atoms. The molecule has 0 atom stereocenters. The van der Waals surface area contributed by atoms with Gasteiger partial charge >= 0.3 is 0 Å². The number of ether oxygens (including phenoxy) is 1. The number of rotatable bonds is 8. The summed E-state index contributed by atoms with van der Waals surface area (Å²) < 4.78 is 6.83. The van der Waals surface area contributed by atoms with Crippen molar-refractivity contribution in [2.45, 2.75) is 13.0 Å². The Hall–Kier alpha value is -3.12. The highest BCUT2D eigenvalue weighted by Gasteiger charge is 2.12. The van der Waals surface area contributed by atoms with Crippen LogP contribution in [0.5, 0.6) is 5.75 Å². The molecule has 0 radical (unpaired) electrons. The monoisotopic (exact) mass is 411 g/mol. The van der Waals surface area contributed by atoms with Crippen molar-refractivity contribution in [3.05, 3.63) is 82.1 Å². The number of hydrogen-bond acceptors (Lipinski definition) is 4. The van der Waals surface area contributed by atoms with Gasteiger partial charge in [-0.05, 0) is 36.8 Å². The van der Waals surface area contributed by atoms with Crippen LogP contribution < -0.4 is 10.3 Å². The fraction of sp³-hybridized carbons (Fsp3) is 0.227. The van der Waals surface area contributed by atoms with Crippen LogP contribution in [0.1, 0.15) is 6.42 Å². The Labute approximate surface area is 174 Å². The van der Waals surface area contributed by atoms with E-state index in [9.17, 15) is 9.59 Å². The highest BCUT2D eigenvalue weighted by Crippen LogP contribution is 2.16. The summed E-state index contributed by atoms with van der Waals surface area (Å²) >= 11 is 5.84. The molecule has 0 spiro atoms. The number of carbonyl (C=O) groups excluding carboxylic acids is 1. The van der Waals surface area contributed by atoms with Gasteiger partial charge in [-0.25, -0.2) is 4.68 Å². The van der Waals surface area contributed by atoms with Crippen molar-refractivity contribution in [2.24, 2.45) is 0 Å². The second-order valence-corrected chi connectivity index (χ2v) is 6.99. The van der Waals surface area contributed by atoms with E-state index in [1.165, 1.54) is 10.7 Å². The van der Waals surface area contributed by atoms with Gasteiger partial charge in [0.25, 0.3) is 5.56 Å². The van der Waals surface area contributed by atoms with Crippen molar-refractivity contribution < 1.29 is 9.53 Å². The molecule has 1 heterocycles. The Kier molecular flexibility index (Phi) is 7.03. The van der Waals surface area contributed by atoms with Gasteiger partial charge in [0.05, 0.1) is 12.3 Å². The molecule has 29 heavy (non-hydrogen) atoms. The summed E-state index contributed by atoms with van der Waals surface area (Å²) in [5.41, 5.74) is 1.23. The molecular weight excluding hydrogens is 390 g/mol. The number of carbonyl (C=O) groups is 1. The minimum absolute atomic E-state index is 0.103. The molecule has 0 saturated carbocycles.